The van der Waals surface area contributed by atoms with Gasteiger partial charge in [0.25, 0.3) is 5.91 Å². The summed E-state index contributed by atoms with van der Waals surface area (Å²) in [6.45, 7) is 1.59. The lowest BCUT2D eigenvalue weighted by molar-refractivity contribution is 0.0727. The van der Waals surface area contributed by atoms with E-state index in [-0.39, 0.29) is 5.91 Å². The van der Waals surface area contributed by atoms with Crippen LogP contribution >= 0.6 is 0 Å². The van der Waals surface area contributed by atoms with Crippen molar-refractivity contribution in [2.24, 2.45) is 0 Å². The monoisotopic (exact) mass is 336 g/mol. The predicted octanol–water partition coefficient (Wildman–Crippen LogP) is 3.86. The van der Waals surface area contributed by atoms with Crippen LogP contribution in [-0.2, 0) is 13.0 Å². The van der Waals surface area contributed by atoms with Crippen molar-refractivity contribution in [1.29, 1.82) is 0 Å². The van der Waals surface area contributed by atoms with E-state index < -0.39 is 0 Å². The maximum absolute atomic E-state index is 13.4. The summed E-state index contributed by atoms with van der Waals surface area (Å²) >= 11 is 0. The summed E-state index contributed by atoms with van der Waals surface area (Å²) in [6.07, 6.45) is 4.23. The van der Waals surface area contributed by atoms with Crippen LogP contribution in [0.1, 0.15) is 40.7 Å². The number of ether oxygens (including phenoxy) is 1. The summed E-state index contributed by atoms with van der Waals surface area (Å²) in [6, 6.07) is 14.4. The Kier molecular flexibility index (Phi) is 4.35. The number of fused-ring (bicyclic) bond motifs is 1. The van der Waals surface area contributed by atoms with Gasteiger partial charge in [0.1, 0.15) is 5.75 Å². The number of carbonyl (C=O) groups is 1. The van der Waals surface area contributed by atoms with E-state index in [0.717, 1.165) is 54.8 Å². The molecule has 0 atom stereocenters. The molecular formula is C21H24N2O2. The molecule has 0 radical (unpaired) electrons. The lowest BCUT2D eigenvalue weighted by Crippen LogP contribution is -2.34. The minimum Gasteiger partial charge on any atom is -0.496 e. The predicted molar refractivity (Wildman–Crippen MR) is 99.1 cm³/mol. The molecule has 2 aromatic rings. The SMILES string of the molecule is COc1ccccc1CN(C(=O)c1cccc2c1CCCN2)C1CC1. The first-order chi connectivity index (χ1) is 12.3. The van der Waals surface area contributed by atoms with Crippen molar-refractivity contribution in [2.45, 2.75) is 38.3 Å². The van der Waals surface area contributed by atoms with Crippen molar-refractivity contribution in [2.75, 3.05) is 19.0 Å². The molecule has 0 spiro atoms. The van der Waals surface area contributed by atoms with E-state index in [4.69, 9.17) is 4.74 Å². The van der Waals surface area contributed by atoms with Crippen molar-refractivity contribution >= 4 is 11.6 Å². The van der Waals surface area contributed by atoms with E-state index in [2.05, 4.69) is 11.4 Å². The standard InChI is InChI=1S/C21H24N2O2/c1-25-20-10-3-2-6-15(20)14-23(16-11-12-16)21(24)18-7-4-9-19-17(18)8-5-13-22-19/h2-4,6-7,9-10,16,22H,5,8,11-14H2,1H3. The van der Waals surface area contributed by atoms with Gasteiger partial charge in [0.05, 0.1) is 7.11 Å². The van der Waals surface area contributed by atoms with Crippen LogP contribution in [0.5, 0.6) is 5.75 Å². The highest BCUT2D eigenvalue weighted by molar-refractivity contribution is 5.97. The minimum atomic E-state index is 0.147. The quantitative estimate of drug-likeness (QED) is 0.901. The lowest BCUT2D eigenvalue weighted by atomic mass is 9.96. The number of nitrogens with zero attached hydrogens (tertiary/aromatic N) is 1. The van der Waals surface area contributed by atoms with Crippen molar-refractivity contribution in [1.82, 2.24) is 4.90 Å². The zero-order chi connectivity index (χ0) is 17.2. The molecular weight excluding hydrogens is 312 g/mol. The second-order valence-electron chi connectivity index (χ2n) is 6.84. The number of carbonyl (C=O) groups excluding carboxylic acids is 1. The number of hydrogen-bond donors (Lipinski definition) is 1. The Hall–Kier alpha value is -2.49. The largest absolute Gasteiger partial charge is 0.496 e. The van der Waals surface area contributed by atoms with Crippen LogP contribution in [0.15, 0.2) is 42.5 Å². The molecule has 4 nitrogen and oxygen atoms in total. The second kappa shape index (κ2) is 6.79. The van der Waals surface area contributed by atoms with Gasteiger partial charge >= 0.3 is 0 Å². The molecule has 25 heavy (non-hydrogen) atoms. The summed E-state index contributed by atoms with van der Waals surface area (Å²) in [5.74, 6) is 0.992. The number of para-hydroxylation sites is 1. The first kappa shape index (κ1) is 16.0. The van der Waals surface area contributed by atoms with Gasteiger partial charge in [-0.3, -0.25) is 4.79 Å². The Balaban J connectivity index is 1.65. The van der Waals surface area contributed by atoms with Gasteiger partial charge in [0.15, 0.2) is 0 Å². The number of benzene rings is 2. The zero-order valence-electron chi connectivity index (χ0n) is 14.6. The molecule has 1 aliphatic carbocycles. The average molecular weight is 336 g/mol. The summed E-state index contributed by atoms with van der Waals surface area (Å²) in [4.78, 5) is 15.4. The topological polar surface area (TPSA) is 41.6 Å². The van der Waals surface area contributed by atoms with Gasteiger partial charge in [0.2, 0.25) is 0 Å². The first-order valence-corrected chi connectivity index (χ1v) is 9.06. The molecule has 4 rings (SSSR count). The Morgan fingerprint density at radius 3 is 2.84 bits per heavy atom. The molecule has 4 heteroatoms. The lowest BCUT2D eigenvalue weighted by Gasteiger charge is -2.27. The average Bonchev–Trinajstić information content (AvgIpc) is 3.50. The van der Waals surface area contributed by atoms with E-state index in [1.54, 1.807) is 7.11 Å². The molecule has 1 aliphatic heterocycles. The van der Waals surface area contributed by atoms with Crippen LogP contribution in [0.3, 0.4) is 0 Å². The Labute approximate surface area is 148 Å². The van der Waals surface area contributed by atoms with E-state index in [9.17, 15) is 4.79 Å². The van der Waals surface area contributed by atoms with Crippen LogP contribution in [0, 0.1) is 0 Å². The van der Waals surface area contributed by atoms with Gasteiger partial charge in [-0.1, -0.05) is 24.3 Å². The molecule has 1 saturated carbocycles. The maximum atomic E-state index is 13.4. The third-order valence-corrected chi connectivity index (χ3v) is 5.11. The van der Waals surface area contributed by atoms with Crippen molar-refractivity contribution in [3.05, 3.63) is 59.2 Å². The highest BCUT2D eigenvalue weighted by Gasteiger charge is 2.34. The fourth-order valence-electron chi connectivity index (χ4n) is 3.64. The summed E-state index contributed by atoms with van der Waals surface area (Å²) in [5, 5.41) is 3.42. The van der Waals surface area contributed by atoms with Crippen molar-refractivity contribution < 1.29 is 9.53 Å². The number of anilines is 1. The number of rotatable bonds is 5. The van der Waals surface area contributed by atoms with Crippen LogP contribution in [-0.4, -0.2) is 30.5 Å². The van der Waals surface area contributed by atoms with Gasteiger partial charge < -0.3 is 15.0 Å². The Morgan fingerprint density at radius 1 is 1.20 bits per heavy atom. The van der Waals surface area contributed by atoms with Crippen LogP contribution in [0.25, 0.3) is 0 Å². The van der Waals surface area contributed by atoms with Gasteiger partial charge in [-0.05, 0) is 49.4 Å². The van der Waals surface area contributed by atoms with E-state index >= 15 is 0 Å². The molecule has 1 fully saturated rings. The maximum Gasteiger partial charge on any atom is 0.254 e. The van der Waals surface area contributed by atoms with E-state index in [1.165, 1.54) is 5.56 Å². The van der Waals surface area contributed by atoms with Crippen LogP contribution < -0.4 is 10.1 Å². The van der Waals surface area contributed by atoms with Crippen LogP contribution in [0.4, 0.5) is 5.69 Å². The third kappa shape index (κ3) is 3.21. The van der Waals surface area contributed by atoms with Crippen molar-refractivity contribution in [3.63, 3.8) is 0 Å². The number of methoxy groups -OCH3 is 1. The molecule has 0 bridgehead atoms. The molecule has 0 saturated heterocycles. The van der Waals surface area contributed by atoms with Gasteiger partial charge in [0, 0.05) is 35.9 Å². The highest BCUT2D eigenvalue weighted by Crippen LogP contribution is 2.34. The molecule has 1 heterocycles. The van der Waals surface area contributed by atoms with Crippen LogP contribution in [0.2, 0.25) is 0 Å². The first-order valence-electron chi connectivity index (χ1n) is 9.06. The Bertz CT molecular complexity index is 783. The zero-order valence-corrected chi connectivity index (χ0v) is 14.6. The smallest absolute Gasteiger partial charge is 0.254 e. The molecule has 0 aromatic heterocycles. The highest BCUT2D eigenvalue weighted by atomic mass is 16.5. The third-order valence-electron chi connectivity index (χ3n) is 5.11. The molecule has 130 valence electrons. The second-order valence-corrected chi connectivity index (χ2v) is 6.84. The van der Waals surface area contributed by atoms with Gasteiger partial charge in [-0.15, -0.1) is 0 Å². The molecule has 2 aliphatic rings. The van der Waals surface area contributed by atoms with E-state index in [0.29, 0.717) is 12.6 Å². The number of hydrogen-bond acceptors (Lipinski definition) is 3. The fraction of sp³-hybridized carbons (Fsp3) is 0.381. The van der Waals surface area contributed by atoms with Gasteiger partial charge in [-0.25, -0.2) is 0 Å². The van der Waals surface area contributed by atoms with Gasteiger partial charge in [-0.2, -0.15) is 0 Å². The number of nitrogens with one attached hydrogen (secondary N) is 1. The van der Waals surface area contributed by atoms with E-state index in [1.807, 2.05) is 41.3 Å². The number of amides is 1. The Morgan fingerprint density at radius 2 is 2.04 bits per heavy atom. The summed E-state index contributed by atoms with van der Waals surface area (Å²) in [7, 11) is 1.68. The normalized spacial score (nSPS) is 15.9. The molecule has 1 amide bonds. The molecule has 2 aromatic carbocycles. The summed E-state index contributed by atoms with van der Waals surface area (Å²) in [5.41, 5.74) is 4.20. The van der Waals surface area contributed by atoms with Crippen molar-refractivity contribution in [3.8, 4) is 5.75 Å². The minimum absolute atomic E-state index is 0.147. The fourth-order valence-corrected chi connectivity index (χ4v) is 3.64. The molecule has 0 unspecified atom stereocenters. The molecule has 1 N–H and O–H groups in total. The summed E-state index contributed by atoms with van der Waals surface area (Å²) < 4.78 is 5.47.